The molecule has 110 valence electrons. The Morgan fingerprint density at radius 1 is 0.864 bits per heavy atom. The number of hydrogen-bond donors (Lipinski definition) is 2. The minimum Gasteiger partial charge on any atom is -0.459 e. The highest BCUT2D eigenvalue weighted by molar-refractivity contribution is 6.30. The van der Waals surface area contributed by atoms with Gasteiger partial charge in [0.25, 0.3) is 5.91 Å². The Bertz CT molecular complexity index is 750. The van der Waals surface area contributed by atoms with Crippen molar-refractivity contribution in [1.29, 1.82) is 0 Å². The van der Waals surface area contributed by atoms with Gasteiger partial charge in [0.05, 0.1) is 6.26 Å². The van der Waals surface area contributed by atoms with Crippen molar-refractivity contribution < 1.29 is 9.21 Å². The molecule has 0 aliphatic rings. The van der Waals surface area contributed by atoms with Crippen LogP contribution in [0.2, 0.25) is 5.02 Å². The molecule has 0 atom stereocenters. The van der Waals surface area contributed by atoms with Crippen LogP contribution in [-0.4, -0.2) is 5.91 Å². The van der Waals surface area contributed by atoms with Crippen molar-refractivity contribution in [2.75, 3.05) is 10.6 Å². The summed E-state index contributed by atoms with van der Waals surface area (Å²) in [5.74, 6) is 0.00627. The van der Waals surface area contributed by atoms with Gasteiger partial charge in [-0.2, -0.15) is 0 Å². The summed E-state index contributed by atoms with van der Waals surface area (Å²) in [6.45, 7) is 0. The van der Waals surface area contributed by atoms with Crippen molar-refractivity contribution in [3.05, 3.63) is 77.7 Å². The van der Waals surface area contributed by atoms with Crippen molar-refractivity contribution in [1.82, 2.24) is 0 Å². The topological polar surface area (TPSA) is 54.3 Å². The SMILES string of the molecule is O=C(Nc1ccc(Nc2ccc(Cl)cc2)cc1)c1ccco1. The summed E-state index contributed by atoms with van der Waals surface area (Å²) in [6, 6.07) is 18.1. The van der Waals surface area contributed by atoms with Crippen molar-refractivity contribution in [2.45, 2.75) is 0 Å². The fraction of sp³-hybridized carbons (Fsp3) is 0. The van der Waals surface area contributed by atoms with E-state index < -0.39 is 0 Å². The quantitative estimate of drug-likeness (QED) is 0.718. The maximum absolute atomic E-state index is 11.9. The van der Waals surface area contributed by atoms with Gasteiger partial charge in [-0.3, -0.25) is 4.79 Å². The van der Waals surface area contributed by atoms with Gasteiger partial charge < -0.3 is 15.1 Å². The molecular formula is C17H13ClN2O2. The minimum atomic E-state index is -0.275. The lowest BCUT2D eigenvalue weighted by Gasteiger charge is -2.08. The third-order valence-electron chi connectivity index (χ3n) is 3.02. The molecule has 1 heterocycles. The predicted octanol–water partition coefficient (Wildman–Crippen LogP) is 4.93. The highest BCUT2D eigenvalue weighted by Crippen LogP contribution is 2.21. The van der Waals surface area contributed by atoms with Crippen molar-refractivity contribution in [3.8, 4) is 0 Å². The lowest BCUT2D eigenvalue weighted by molar-refractivity contribution is 0.0996. The maximum Gasteiger partial charge on any atom is 0.291 e. The zero-order valence-electron chi connectivity index (χ0n) is 11.5. The first-order chi connectivity index (χ1) is 10.7. The van der Waals surface area contributed by atoms with E-state index in [4.69, 9.17) is 16.0 Å². The number of hydrogen-bond acceptors (Lipinski definition) is 3. The second-order valence-corrected chi connectivity index (χ2v) is 5.08. The number of anilines is 3. The van der Waals surface area contributed by atoms with E-state index in [9.17, 15) is 4.79 Å². The summed E-state index contributed by atoms with van der Waals surface area (Å²) < 4.78 is 5.04. The average Bonchev–Trinajstić information content (AvgIpc) is 3.06. The molecule has 0 spiro atoms. The van der Waals surface area contributed by atoms with Crippen molar-refractivity contribution in [2.24, 2.45) is 0 Å². The maximum atomic E-state index is 11.9. The molecule has 22 heavy (non-hydrogen) atoms. The van der Waals surface area contributed by atoms with Crippen LogP contribution in [0.5, 0.6) is 0 Å². The largest absolute Gasteiger partial charge is 0.459 e. The molecule has 0 unspecified atom stereocenters. The molecule has 0 saturated heterocycles. The molecule has 5 heteroatoms. The molecule has 3 aromatic rings. The number of rotatable bonds is 4. The summed E-state index contributed by atoms with van der Waals surface area (Å²) in [6.07, 6.45) is 1.47. The summed E-state index contributed by atoms with van der Waals surface area (Å²) >= 11 is 5.85. The molecule has 0 fully saturated rings. The van der Waals surface area contributed by atoms with E-state index in [0.29, 0.717) is 10.7 Å². The van der Waals surface area contributed by atoms with Gasteiger partial charge in [-0.1, -0.05) is 11.6 Å². The number of furan rings is 1. The van der Waals surface area contributed by atoms with E-state index in [0.717, 1.165) is 11.4 Å². The fourth-order valence-corrected chi connectivity index (χ4v) is 2.06. The Kier molecular flexibility index (Phi) is 4.12. The van der Waals surface area contributed by atoms with E-state index >= 15 is 0 Å². The molecule has 0 bridgehead atoms. The number of amides is 1. The summed E-state index contributed by atoms with van der Waals surface area (Å²) in [5, 5.41) is 6.71. The molecule has 1 amide bonds. The predicted molar refractivity (Wildman–Crippen MR) is 87.8 cm³/mol. The Labute approximate surface area is 132 Å². The van der Waals surface area contributed by atoms with E-state index in [2.05, 4.69) is 10.6 Å². The lowest BCUT2D eigenvalue weighted by Crippen LogP contribution is -2.10. The van der Waals surface area contributed by atoms with E-state index in [1.807, 2.05) is 48.5 Å². The molecule has 3 rings (SSSR count). The third kappa shape index (κ3) is 3.48. The van der Waals surface area contributed by atoms with E-state index in [1.54, 1.807) is 12.1 Å². The highest BCUT2D eigenvalue weighted by atomic mass is 35.5. The van der Waals surface area contributed by atoms with Crippen molar-refractivity contribution in [3.63, 3.8) is 0 Å². The second-order valence-electron chi connectivity index (χ2n) is 4.64. The molecule has 0 aliphatic heterocycles. The van der Waals surface area contributed by atoms with Crippen LogP contribution < -0.4 is 10.6 Å². The molecule has 2 N–H and O–H groups in total. The Morgan fingerprint density at radius 3 is 2.05 bits per heavy atom. The Balaban J connectivity index is 1.65. The summed E-state index contributed by atoms with van der Waals surface area (Å²) in [4.78, 5) is 11.9. The van der Waals surface area contributed by atoms with Gasteiger partial charge in [0.15, 0.2) is 5.76 Å². The molecule has 4 nitrogen and oxygen atoms in total. The first-order valence-corrected chi connectivity index (χ1v) is 7.06. The van der Waals surface area contributed by atoms with Crippen LogP contribution in [0, 0.1) is 0 Å². The molecule has 2 aromatic carbocycles. The van der Waals surface area contributed by atoms with Crippen LogP contribution in [0.1, 0.15) is 10.6 Å². The van der Waals surface area contributed by atoms with Crippen LogP contribution in [-0.2, 0) is 0 Å². The second kappa shape index (κ2) is 6.37. The fourth-order valence-electron chi connectivity index (χ4n) is 1.94. The molecule has 0 radical (unpaired) electrons. The normalized spacial score (nSPS) is 10.2. The van der Waals surface area contributed by atoms with Crippen LogP contribution in [0.25, 0.3) is 0 Å². The summed E-state index contributed by atoms with van der Waals surface area (Å²) in [5.41, 5.74) is 2.55. The minimum absolute atomic E-state index is 0.275. The van der Waals surface area contributed by atoms with Crippen molar-refractivity contribution >= 4 is 34.6 Å². The van der Waals surface area contributed by atoms with Gasteiger partial charge in [0, 0.05) is 22.1 Å². The molecule has 0 aliphatic carbocycles. The summed E-state index contributed by atoms with van der Waals surface area (Å²) in [7, 11) is 0. The van der Waals surface area contributed by atoms with E-state index in [1.165, 1.54) is 6.26 Å². The first-order valence-electron chi connectivity index (χ1n) is 6.68. The van der Waals surface area contributed by atoms with Gasteiger partial charge in [-0.15, -0.1) is 0 Å². The average molecular weight is 313 g/mol. The standard InChI is InChI=1S/C17H13ClN2O2/c18-12-3-5-13(6-4-12)19-14-7-9-15(10-8-14)20-17(21)16-2-1-11-22-16/h1-11,19H,(H,20,21). The van der Waals surface area contributed by atoms with Gasteiger partial charge in [-0.25, -0.2) is 0 Å². The highest BCUT2D eigenvalue weighted by Gasteiger charge is 2.08. The number of halogens is 1. The number of carbonyl (C=O) groups excluding carboxylic acids is 1. The van der Waals surface area contributed by atoms with Crippen LogP contribution in [0.15, 0.2) is 71.3 Å². The number of nitrogens with one attached hydrogen (secondary N) is 2. The van der Waals surface area contributed by atoms with Gasteiger partial charge in [0.1, 0.15) is 0 Å². The van der Waals surface area contributed by atoms with Crippen LogP contribution >= 0.6 is 11.6 Å². The number of carbonyl (C=O) groups is 1. The lowest BCUT2D eigenvalue weighted by atomic mass is 10.2. The molecule has 0 saturated carbocycles. The first kappa shape index (κ1) is 14.2. The van der Waals surface area contributed by atoms with Crippen LogP contribution in [0.3, 0.4) is 0 Å². The Hall–Kier alpha value is -2.72. The van der Waals surface area contributed by atoms with Crippen LogP contribution in [0.4, 0.5) is 17.1 Å². The molecular weight excluding hydrogens is 300 g/mol. The zero-order valence-corrected chi connectivity index (χ0v) is 12.3. The van der Waals surface area contributed by atoms with Gasteiger partial charge in [0.2, 0.25) is 0 Å². The molecule has 1 aromatic heterocycles. The number of benzene rings is 2. The zero-order chi connectivity index (χ0) is 15.4. The van der Waals surface area contributed by atoms with Gasteiger partial charge in [-0.05, 0) is 60.7 Å². The monoisotopic (exact) mass is 312 g/mol. The van der Waals surface area contributed by atoms with Gasteiger partial charge >= 0.3 is 0 Å². The smallest absolute Gasteiger partial charge is 0.291 e. The van der Waals surface area contributed by atoms with E-state index in [-0.39, 0.29) is 11.7 Å². The Morgan fingerprint density at radius 2 is 1.45 bits per heavy atom. The third-order valence-corrected chi connectivity index (χ3v) is 3.27.